The highest BCUT2D eigenvalue weighted by Crippen LogP contribution is 2.24. The number of nitrogens with zero attached hydrogens (tertiary/aromatic N) is 2. The summed E-state index contributed by atoms with van der Waals surface area (Å²) in [7, 11) is 3.30. The van der Waals surface area contributed by atoms with Gasteiger partial charge in [-0.2, -0.15) is 0 Å². The Morgan fingerprint density at radius 3 is 2.44 bits per heavy atom. The SMILES string of the molecule is C=CC(=O)N1CCC(C(=O)Nc2ccc(C(=O)N(C)C)c(Cl)c2)CC1. The summed E-state index contributed by atoms with van der Waals surface area (Å²) in [6.45, 7) is 4.56. The second-order valence-corrected chi connectivity index (χ2v) is 6.59. The first kappa shape index (κ1) is 19.0. The summed E-state index contributed by atoms with van der Waals surface area (Å²) in [5, 5.41) is 3.13. The maximum atomic E-state index is 12.4. The molecule has 1 aromatic rings. The molecule has 0 unspecified atom stereocenters. The van der Waals surface area contributed by atoms with Crippen molar-refractivity contribution in [2.45, 2.75) is 12.8 Å². The summed E-state index contributed by atoms with van der Waals surface area (Å²) < 4.78 is 0. The molecule has 1 saturated heterocycles. The maximum absolute atomic E-state index is 12.4. The summed E-state index contributed by atoms with van der Waals surface area (Å²) in [4.78, 5) is 39.1. The molecular weight excluding hydrogens is 342 g/mol. The van der Waals surface area contributed by atoms with Crippen molar-refractivity contribution in [2.75, 3.05) is 32.5 Å². The van der Waals surface area contributed by atoms with Gasteiger partial charge in [0.25, 0.3) is 5.91 Å². The highest BCUT2D eigenvalue weighted by atomic mass is 35.5. The fourth-order valence-electron chi connectivity index (χ4n) is 2.74. The van der Waals surface area contributed by atoms with Gasteiger partial charge in [-0.15, -0.1) is 0 Å². The van der Waals surface area contributed by atoms with Crippen molar-refractivity contribution >= 4 is 35.0 Å². The van der Waals surface area contributed by atoms with Crippen LogP contribution in [-0.2, 0) is 9.59 Å². The molecular formula is C18H22ClN3O3. The van der Waals surface area contributed by atoms with Gasteiger partial charge in [-0.1, -0.05) is 18.2 Å². The van der Waals surface area contributed by atoms with Crippen molar-refractivity contribution in [3.8, 4) is 0 Å². The van der Waals surface area contributed by atoms with E-state index in [2.05, 4.69) is 11.9 Å². The van der Waals surface area contributed by atoms with Crippen LogP contribution in [-0.4, -0.2) is 54.7 Å². The van der Waals surface area contributed by atoms with Crippen molar-refractivity contribution in [2.24, 2.45) is 5.92 Å². The van der Waals surface area contributed by atoms with E-state index in [1.165, 1.54) is 11.0 Å². The molecule has 0 aliphatic carbocycles. The molecule has 1 heterocycles. The molecule has 1 fully saturated rings. The second-order valence-electron chi connectivity index (χ2n) is 6.19. The van der Waals surface area contributed by atoms with Crippen molar-refractivity contribution < 1.29 is 14.4 Å². The summed E-state index contributed by atoms with van der Waals surface area (Å²) >= 11 is 6.16. The molecule has 7 heteroatoms. The molecule has 1 aliphatic rings. The van der Waals surface area contributed by atoms with Crippen molar-refractivity contribution in [3.05, 3.63) is 41.4 Å². The zero-order valence-corrected chi connectivity index (χ0v) is 15.2. The van der Waals surface area contributed by atoms with Crippen LogP contribution < -0.4 is 5.32 Å². The van der Waals surface area contributed by atoms with Gasteiger partial charge >= 0.3 is 0 Å². The van der Waals surface area contributed by atoms with Gasteiger partial charge in [0, 0.05) is 38.8 Å². The van der Waals surface area contributed by atoms with E-state index < -0.39 is 0 Å². The van der Waals surface area contributed by atoms with Gasteiger partial charge < -0.3 is 15.1 Å². The van der Waals surface area contributed by atoms with E-state index in [-0.39, 0.29) is 23.6 Å². The third-order valence-corrected chi connectivity index (χ3v) is 4.54. The Morgan fingerprint density at radius 1 is 1.28 bits per heavy atom. The largest absolute Gasteiger partial charge is 0.345 e. The Kier molecular flexibility index (Phi) is 6.20. The van der Waals surface area contributed by atoms with E-state index in [0.29, 0.717) is 42.2 Å². The smallest absolute Gasteiger partial charge is 0.254 e. The van der Waals surface area contributed by atoms with Crippen LogP contribution in [0.4, 0.5) is 5.69 Å². The average Bonchev–Trinajstić information content (AvgIpc) is 2.60. The molecule has 6 nitrogen and oxygen atoms in total. The fraction of sp³-hybridized carbons (Fsp3) is 0.389. The third-order valence-electron chi connectivity index (χ3n) is 4.23. The van der Waals surface area contributed by atoms with Crippen LogP contribution >= 0.6 is 11.6 Å². The van der Waals surface area contributed by atoms with Gasteiger partial charge in [-0.3, -0.25) is 14.4 Å². The molecule has 0 radical (unpaired) electrons. The molecule has 0 atom stereocenters. The predicted octanol–water partition coefficient (Wildman–Crippen LogP) is 2.40. The molecule has 1 aliphatic heterocycles. The Hall–Kier alpha value is -2.34. The molecule has 25 heavy (non-hydrogen) atoms. The number of nitrogens with one attached hydrogen (secondary N) is 1. The number of hydrogen-bond acceptors (Lipinski definition) is 3. The lowest BCUT2D eigenvalue weighted by Crippen LogP contribution is -2.40. The molecule has 0 aromatic heterocycles. The van der Waals surface area contributed by atoms with Crippen molar-refractivity contribution in [3.63, 3.8) is 0 Å². The Balaban J connectivity index is 1.97. The van der Waals surface area contributed by atoms with Crippen LogP contribution in [0.15, 0.2) is 30.9 Å². The molecule has 134 valence electrons. The maximum Gasteiger partial charge on any atom is 0.254 e. The van der Waals surface area contributed by atoms with Crippen molar-refractivity contribution in [1.82, 2.24) is 9.80 Å². The number of carbonyl (C=O) groups excluding carboxylic acids is 3. The molecule has 2 rings (SSSR count). The van der Waals surface area contributed by atoms with Gasteiger partial charge in [0.15, 0.2) is 0 Å². The van der Waals surface area contributed by atoms with Gasteiger partial charge in [-0.05, 0) is 37.1 Å². The lowest BCUT2D eigenvalue weighted by atomic mass is 9.95. The first-order valence-electron chi connectivity index (χ1n) is 8.07. The fourth-order valence-corrected chi connectivity index (χ4v) is 3.00. The van der Waals surface area contributed by atoms with Crippen LogP contribution in [0.1, 0.15) is 23.2 Å². The number of benzene rings is 1. The van der Waals surface area contributed by atoms with Crippen LogP contribution in [0.5, 0.6) is 0 Å². The first-order valence-corrected chi connectivity index (χ1v) is 8.44. The van der Waals surface area contributed by atoms with E-state index >= 15 is 0 Å². The summed E-state index contributed by atoms with van der Waals surface area (Å²) in [5.74, 6) is -0.557. The number of piperidine rings is 1. The minimum absolute atomic E-state index is 0.103. The molecule has 0 bridgehead atoms. The Labute approximate surface area is 152 Å². The lowest BCUT2D eigenvalue weighted by Gasteiger charge is -2.30. The minimum Gasteiger partial charge on any atom is -0.345 e. The lowest BCUT2D eigenvalue weighted by molar-refractivity contribution is -0.130. The van der Waals surface area contributed by atoms with Gasteiger partial charge in [-0.25, -0.2) is 0 Å². The summed E-state index contributed by atoms with van der Waals surface area (Å²) in [6.07, 6.45) is 2.51. The number of rotatable bonds is 4. The predicted molar refractivity (Wildman–Crippen MR) is 97.6 cm³/mol. The Morgan fingerprint density at radius 2 is 1.92 bits per heavy atom. The standard InChI is InChI=1S/C18H22ClN3O3/c1-4-16(23)22-9-7-12(8-10-22)17(24)20-13-5-6-14(15(19)11-13)18(25)21(2)3/h4-6,11-12H,1,7-10H2,2-3H3,(H,20,24). The number of amides is 3. The molecule has 1 N–H and O–H groups in total. The Bertz CT molecular complexity index is 695. The first-order chi connectivity index (χ1) is 11.8. The molecule has 0 saturated carbocycles. The third kappa shape index (κ3) is 4.60. The highest BCUT2D eigenvalue weighted by Gasteiger charge is 2.26. The minimum atomic E-state index is -0.192. The van der Waals surface area contributed by atoms with E-state index in [0.717, 1.165) is 0 Å². The molecule has 0 spiro atoms. The van der Waals surface area contributed by atoms with Gasteiger partial charge in [0.2, 0.25) is 11.8 Å². The number of carbonyl (C=O) groups is 3. The molecule has 3 amide bonds. The van der Waals surface area contributed by atoms with Crippen LogP contribution in [0.25, 0.3) is 0 Å². The van der Waals surface area contributed by atoms with Crippen LogP contribution in [0.2, 0.25) is 5.02 Å². The van der Waals surface area contributed by atoms with Crippen LogP contribution in [0.3, 0.4) is 0 Å². The monoisotopic (exact) mass is 363 g/mol. The normalized spacial score (nSPS) is 14.8. The second kappa shape index (κ2) is 8.16. The van der Waals surface area contributed by atoms with Crippen molar-refractivity contribution in [1.29, 1.82) is 0 Å². The van der Waals surface area contributed by atoms with Crippen LogP contribution in [0, 0.1) is 5.92 Å². The summed E-state index contributed by atoms with van der Waals surface area (Å²) in [5.41, 5.74) is 0.941. The number of likely N-dealkylation sites (tertiary alicyclic amines) is 1. The molecule has 1 aromatic carbocycles. The zero-order valence-electron chi connectivity index (χ0n) is 14.4. The summed E-state index contributed by atoms with van der Waals surface area (Å²) in [6, 6.07) is 4.84. The zero-order chi connectivity index (χ0) is 18.6. The average molecular weight is 364 g/mol. The van der Waals surface area contributed by atoms with Gasteiger partial charge in [0.1, 0.15) is 0 Å². The number of anilines is 1. The van der Waals surface area contributed by atoms with E-state index in [9.17, 15) is 14.4 Å². The number of hydrogen-bond donors (Lipinski definition) is 1. The topological polar surface area (TPSA) is 69.7 Å². The van der Waals surface area contributed by atoms with Gasteiger partial charge in [0.05, 0.1) is 10.6 Å². The van der Waals surface area contributed by atoms with E-state index in [1.807, 2.05) is 0 Å². The number of halogens is 1. The van der Waals surface area contributed by atoms with E-state index in [4.69, 9.17) is 11.6 Å². The van der Waals surface area contributed by atoms with E-state index in [1.54, 1.807) is 37.2 Å². The highest BCUT2D eigenvalue weighted by molar-refractivity contribution is 6.34. The quantitative estimate of drug-likeness (QED) is 0.835.